The SMILES string of the molecule is CCOc1cc(C=NNC(=O)c2ccc(C(=O)NN=Cc3ccc(O)c(OCC)c3)cc2)ccc1O. The summed E-state index contributed by atoms with van der Waals surface area (Å²) in [6.45, 7) is 4.41. The molecule has 36 heavy (non-hydrogen) atoms. The van der Waals surface area contributed by atoms with Crippen molar-refractivity contribution in [3.8, 4) is 23.0 Å². The quantitative estimate of drug-likeness (QED) is 0.253. The van der Waals surface area contributed by atoms with Crippen molar-refractivity contribution in [1.29, 1.82) is 0 Å². The van der Waals surface area contributed by atoms with Crippen LogP contribution in [0.2, 0.25) is 0 Å². The van der Waals surface area contributed by atoms with Gasteiger partial charge in [-0.1, -0.05) is 0 Å². The molecule has 0 bridgehead atoms. The molecule has 0 aliphatic rings. The van der Waals surface area contributed by atoms with Crippen LogP contribution in [0.5, 0.6) is 23.0 Å². The lowest BCUT2D eigenvalue weighted by atomic mass is 10.1. The van der Waals surface area contributed by atoms with Crippen molar-refractivity contribution in [2.24, 2.45) is 10.2 Å². The Bertz CT molecular complexity index is 1170. The fourth-order valence-corrected chi connectivity index (χ4v) is 3.00. The molecule has 0 saturated heterocycles. The van der Waals surface area contributed by atoms with E-state index in [1.165, 1.54) is 48.8 Å². The summed E-state index contributed by atoms with van der Waals surface area (Å²) in [6, 6.07) is 15.4. The summed E-state index contributed by atoms with van der Waals surface area (Å²) in [5.41, 5.74) is 6.69. The smallest absolute Gasteiger partial charge is 0.271 e. The third-order valence-electron chi connectivity index (χ3n) is 4.74. The third kappa shape index (κ3) is 7.07. The van der Waals surface area contributed by atoms with Crippen LogP contribution in [0.15, 0.2) is 70.9 Å². The average Bonchev–Trinajstić information content (AvgIpc) is 2.88. The molecular weight excluding hydrogens is 464 g/mol. The summed E-state index contributed by atoms with van der Waals surface area (Å²) in [5, 5.41) is 27.3. The summed E-state index contributed by atoms with van der Waals surface area (Å²) in [6.07, 6.45) is 2.84. The minimum absolute atomic E-state index is 0.0175. The maximum atomic E-state index is 12.3. The molecule has 4 N–H and O–H groups in total. The molecule has 0 spiro atoms. The number of nitrogens with zero attached hydrogens (tertiary/aromatic N) is 2. The van der Waals surface area contributed by atoms with E-state index in [-0.39, 0.29) is 11.5 Å². The standard InChI is InChI=1S/C26H26N4O6/c1-3-35-23-13-17(5-11-21(23)31)15-27-29-25(33)19-7-9-20(10-8-19)26(34)30-28-16-18-6-12-22(32)24(14-18)36-4-2/h5-16,31-32H,3-4H2,1-2H3,(H,29,33)(H,30,34). The first-order chi connectivity index (χ1) is 17.4. The molecule has 186 valence electrons. The lowest BCUT2D eigenvalue weighted by Crippen LogP contribution is -2.19. The van der Waals surface area contributed by atoms with Crippen LogP contribution in [-0.4, -0.2) is 47.7 Å². The zero-order chi connectivity index (χ0) is 25.9. The van der Waals surface area contributed by atoms with Crippen molar-refractivity contribution < 1.29 is 29.3 Å². The highest BCUT2D eigenvalue weighted by Gasteiger charge is 2.09. The van der Waals surface area contributed by atoms with Crippen LogP contribution in [0, 0.1) is 0 Å². The number of rotatable bonds is 10. The largest absolute Gasteiger partial charge is 0.504 e. The minimum atomic E-state index is -0.461. The van der Waals surface area contributed by atoms with Crippen LogP contribution in [-0.2, 0) is 0 Å². The Morgan fingerprint density at radius 3 is 1.47 bits per heavy atom. The fraction of sp³-hybridized carbons (Fsp3) is 0.154. The molecule has 0 unspecified atom stereocenters. The van der Waals surface area contributed by atoms with Gasteiger partial charge in [-0.05, 0) is 85.6 Å². The molecule has 3 aromatic carbocycles. The minimum Gasteiger partial charge on any atom is -0.504 e. The molecule has 2 amide bonds. The van der Waals surface area contributed by atoms with Gasteiger partial charge in [-0.2, -0.15) is 10.2 Å². The van der Waals surface area contributed by atoms with Crippen molar-refractivity contribution in [3.63, 3.8) is 0 Å². The summed E-state index contributed by atoms with van der Waals surface area (Å²) < 4.78 is 10.6. The van der Waals surface area contributed by atoms with E-state index in [4.69, 9.17) is 9.47 Å². The zero-order valence-electron chi connectivity index (χ0n) is 19.8. The zero-order valence-corrected chi connectivity index (χ0v) is 19.8. The predicted molar refractivity (Wildman–Crippen MR) is 135 cm³/mol. The Balaban J connectivity index is 1.54. The summed E-state index contributed by atoms with van der Waals surface area (Å²) in [5.74, 6) is -0.239. The van der Waals surface area contributed by atoms with Gasteiger partial charge < -0.3 is 19.7 Å². The topological polar surface area (TPSA) is 142 Å². The van der Waals surface area contributed by atoms with Gasteiger partial charge >= 0.3 is 0 Å². The highest BCUT2D eigenvalue weighted by atomic mass is 16.5. The molecule has 3 aromatic rings. The molecule has 0 radical (unpaired) electrons. The molecular formula is C26H26N4O6. The second-order valence-corrected chi connectivity index (χ2v) is 7.30. The van der Waals surface area contributed by atoms with E-state index < -0.39 is 11.8 Å². The van der Waals surface area contributed by atoms with Crippen LogP contribution in [0.1, 0.15) is 45.7 Å². The second-order valence-electron chi connectivity index (χ2n) is 7.30. The van der Waals surface area contributed by atoms with Crippen LogP contribution >= 0.6 is 0 Å². The number of carbonyl (C=O) groups excluding carboxylic acids is 2. The van der Waals surface area contributed by atoms with Gasteiger partial charge in [0.2, 0.25) is 0 Å². The first-order valence-corrected chi connectivity index (χ1v) is 11.1. The Morgan fingerprint density at radius 2 is 1.11 bits per heavy atom. The molecule has 10 heteroatoms. The monoisotopic (exact) mass is 490 g/mol. The molecule has 0 heterocycles. The van der Waals surface area contributed by atoms with Crippen LogP contribution < -0.4 is 20.3 Å². The molecule has 3 rings (SSSR count). The summed E-state index contributed by atoms with van der Waals surface area (Å²) in [7, 11) is 0. The van der Waals surface area contributed by atoms with Gasteiger partial charge in [0.1, 0.15) is 0 Å². The van der Waals surface area contributed by atoms with E-state index in [9.17, 15) is 19.8 Å². The maximum Gasteiger partial charge on any atom is 0.271 e. The molecule has 0 saturated carbocycles. The van der Waals surface area contributed by atoms with Gasteiger partial charge in [0.15, 0.2) is 23.0 Å². The Hall–Kier alpha value is -4.86. The lowest BCUT2D eigenvalue weighted by molar-refractivity contribution is 0.0943. The van der Waals surface area contributed by atoms with Gasteiger partial charge in [-0.25, -0.2) is 10.9 Å². The number of phenolic OH excluding ortho intramolecular Hbond substituents is 2. The molecule has 0 atom stereocenters. The van der Waals surface area contributed by atoms with Gasteiger partial charge in [0.05, 0.1) is 25.6 Å². The van der Waals surface area contributed by atoms with E-state index in [0.29, 0.717) is 47.0 Å². The summed E-state index contributed by atoms with van der Waals surface area (Å²) in [4.78, 5) is 24.6. The first kappa shape index (κ1) is 25.8. The molecule has 10 nitrogen and oxygen atoms in total. The fourth-order valence-electron chi connectivity index (χ4n) is 3.00. The van der Waals surface area contributed by atoms with Crippen molar-refractivity contribution in [2.75, 3.05) is 13.2 Å². The van der Waals surface area contributed by atoms with Gasteiger partial charge in [0.25, 0.3) is 11.8 Å². The van der Waals surface area contributed by atoms with E-state index in [2.05, 4.69) is 21.1 Å². The predicted octanol–water partition coefficient (Wildman–Crippen LogP) is 3.42. The number of carbonyl (C=O) groups is 2. The van der Waals surface area contributed by atoms with Crippen LogP contribution in [0.4, 0.5) is 0 Å². The average molecular weight is 491 g/mol. The summed E-state index contributed by atoms with van der Waals surface area (Å²) >= 11 is 0. The number of nitrogens with one attached hydrogen (secondary N) is 2. The number of amides is 2. The van der Waals surface area contributed by atoms with Crippen molar-refractivity contribution in [1.82, 2.24) is 10.9 Å². The Labute approximate surface area is 207 Å². The Morgan fingerprint density at radius 1 is 0.722 bits per heavy atom. The molecule has 0 aliphatic carbocycles. The number of hydrogen-bond acceptors (Lipinski definition) is 8. The third-order valence-corrected chi connectivity index (χ3v) is 4.74. The maximum absolute atomic E-state index is 12.3. The van der Waals surface area contributed by atoms with E-state index in [0.717, 1.165) is 0 Å². The number of ether oxygens (including phenoxy) is 2. The molecule has 0 fully saturated rings. The van der Waals surface area contributed by atoms with Crippen molar-refractivity contribution in [2.45, 2.75) is 13.8 Å². The highest BCUT2D eigenvalue weighted by molar-refractivity contribution is 5.98. The van der Waals surface area contributed by atoms with Crippen LogP contribution in [0.25, 0.3) is 0 Å². The van der Waals surface area contributed by atoms with Crippen molar-refractivity contribution >= 4 is 24.2 Å². The Kier molecular flexibility index (Phi) is 8.99. The number of benzene rings is 3. The van der Waals surface area contributed by atoms with Crippen molar-refractivity contribution in [3.05, 3.63) is 82.9 Å². The number of phenols is 2. The lowest BCUT2D eigenvalue weighted by Gasteiger charge is -2.06. The number of aromatic hydroxyl groups is 2. The van der Waals surface area contributed by atoms with Gasteiger partial charge in [0, 0.05) is 11.1 Å². The molecule has 0 aliphatic heterocycles. The number of hydrogen-bond donors (Lipinski definition) is 4. The molecule has 0 aromatic heterocycles. The normalized spacial score (nSPS) is 10.9. The van der Waals surface area contributed by atoms with E-state index in [1.807, 2.05) is 0 Å². The van der Waals surface area contributed by atoms with E-state index in [1.54, 1.807) is 38.1 Å². The highest BCUT2D eigenvalue weighted by Crippen LogP contribution is 2.27. The van der Waals surface area contributed by atoms with Gasteiger partial charge in [-0.3, -0.25) is 9.59 Å². The number of hydrazone groups is 2. The van der Waals surface area contributed by atoms with Crippen LogP contribution in [0.3, 0.4) is 0 Å². The van der Waals surface area contributed by atoms with Gasteiger partial charge in [-0.15, -0.1) is 0 Å². The van der Waals surface area contributed by atoms with E-state index >= 15 is 0 Å². The first-order valence-electron chi connectivity index (χ1n) is 11.1. The second kappa shape index (κ2) is 12.6.